The molecule has 0 heterocycles. The maximum absolute atomic E-state index is 15.0. The van der Waals surface area contributed by atoms with Gasteiger partial charge >= 0.3 is 6.11 Å². The number of hydrogen-bond acceptors (Lipinski definition) is 1. The van der Waals surface area contributed by atoms with Crippen LogP contribution in [0.15, 0.2) is 78.9 Å². The van der Waals surface area contributed by atoms with E-state index in [1.165, 1.54) is 12.1 Å². The lowest BCUT2D eigenvalue weighted by Gasteiger charge is -2.20. The van der Waals surface area contributed by atoms with Gasteiger partial charge in [0.15, 0.2) is 29.0 Å². The van der Waals surface area contributed by atoms with Gasteiger partial charge in [-0.25, -0.2) is 22.0 Å². The largest absolute Gasteiger partial charge is 0.427 e. The third kappa shape index (κ3) is 6.28. The first-order chi connectivity index (χ1) is 18.5. The lowest BCUT2D eigenvalue weighted by atomic mass is 9.98. The Balaban J connectivity index is 1.58. The number of alkyl halides is 2. The Morgan fingerprint density at radius 3 is 1.95 bits per heavy atom. The van der Waals surface area contributed by atoms with Gasteiger partial charge < -0.3 is 4.74 Å². The minimum atomic E-state index is -4.48. The highest BCUT2D eigenvalue weighted by molar-refractivity contribution is 6.32. The second kappa shape index (κ2) is 11.5. The molecule has 0 bridgehead atoms. The van der Waals surface area contributed by atoms with E-state index >= 15 is 4.39 Å². The molecular formula is C30H20ClF7O. The van der Waals surface area contributed by atoms with Gasteiger partial charge in [-0.3, -0.25) is 0 Å². The smallest absolute Gasteiger partial charge is 0.424 e. The van der Waals surface area contributed by atoms with Gasteiger partial charge in [-0.15, -0.1) is 0 Å². The number of hydrogen-bond donors (Lipinski definition) is 0. The van der Waals surface area contributed by atoms with Crippen molar-refractivity contribution in [3.8, 4) is 28.0 Å². The molecule has 4 aromatic carbocycles. The minimum absolute atomic E-state index is 0.0207. The number of ether oxygens (including phenoxy) is 1. The molecule has 0 spiro atoms. The lowest BCUT2D eigenvalue weighted by Crippen LogP contribution is -2.23. The van der Waals surface area contributed by atoms with Crippen LogP contribution in [0, 0.1) is 29.1 Å². The van der Waals surface area contributed by atoms with Crippen LogP contribution in [0.3, 0.4) is 0 Å². The summed E-state index contributed by atoms with van der Waals surface area (Å²) in [5.74, 6) is -8.94. The van der Waals surface area contributed by atoms with Crippen LogP contribution in [0.1, 0.15) is 24.5 Å². The second-order valence-corrected chi connectivity index (χ2v) is 9.05. The molecule has 4 rings (SSSR count). The molecule has 0 fully saturated rings. The Kier molecular flexibility index (Phi) is 8.35. The Bertz CT molecular complexity index is 1490. The molecule has 0 amide bonds. The average Bonchev–Trinajstić information content (AvgIpc) is 2.89. The summed E-state index contributed by atoms with van der Waals surface area (Å²) in [7, 11) is 0. The molecule has 0 aromatic heterocycles. The molecule has 0 aliphatic carbocycles. The molecular weight excluding hydrogens is 545 g/mol. The summed E-state index contributed by atoms with van der Waals surface area (Å²) < 4.78 is 103. The van der Waals surface area contributed by atoms with E-state index in [0.29, 0.717) is 5.56 Å². The summed E-state index contributed by atoms with van der Waals surface area (Å²) in [5.41, 5.74) is 0.951. The Morgan fingerprint density at radius 2 is 1.36 bits per heavy atom. The number of allylic oxidation sites excluding steroid dienone is 2. The summed E-state index contributed by atoms with van der Waals surface area (Å²) in [6.07, 6.45) is 1.34. The van der Waals surface area contributed by atoms with Gasteiger partial charge in [0.1, 0.15) is 5.82 Å². The molecule has 1 nitrogen and oxygen atoms in total. The van der Waals surface area contributed by atoms with Crippen molar-refractivity contribution in [2.24, 2.45) is 0 Å². The normalized spacial score (nSPS) is 11.8. The second-order valence-electron chi connectivity index (χ2n) is 8.64. The standard InChI is InChI=1S/C30H20ClF7O/c1-2-3-4-5-17-6-8-18(9-7-17)19-10-11-22(24(32)13-19)20-12-23(31)29(27(35)14-20)39-30(37,38)21-15-25(33)28(36)26(34)16-21/h2-3,6-16H,4-5H2,1H3/b3-2+. The van der Waals surface area contributed by atoms with Crippen molar-refractivity contribution in [1.29, 1.82) is 0 Å². The molecule has 0 atom stereocenters. The topological polar surface area (TPSA) is 9.23 Å². The van der Waals surface area contributed by atoms with Gasteiger partial charge in [-0.2, -0.15) is 8.78 Å². The van der Waals surface area contributed by atoms with E-state index in [9.17, 15) is 26.3 Å². The molecule has 4 aromatic rings. The summed E-state index contributed by atoms with van der Waals surface area (Å²) in [5, 5.41) is -0.648. The highest BCUT2D eigenvalue weighted by Gasteiger charge is 2.38. The van der Waals surface area contributed by atoms with Gasteiger partial charge in [0.25, 0.3) is 0 Å². The van der Waals surface area contributed by atoms with Crippen LogP contribution in [-0.4, -0.2) is 0 Å². The molecule has 9 heteroatoms. The number of rotatable bonds is 8. The predicted molar refractivity (Wildman–Crippen MR) is 136 cm³/mol. The van der Waals surface area contributed by atoms with Crippen LogP contribution in [-0.2, 0) is 12.5 Å². The number of halogens is 8. The van der Waals surface area contributed by atoms with Gasteiger partial charge in [-0.05, 0) is 72.4 Å². The Hall–Kier alpha value is -3.78. The minimum Gasteiger partial charge on any atom is -0.424 e. The van der Waals surface area contributed by atoms with E-state index in [-0.39, 0.29) is 23.3 Å². The van der Waals surface area contributed by atoms with Gasteiger partial charge in [0.05, 0.1) is 10.6 Å². The summed E-state index contributed by atoms with van der Waals surface area (Å²) in [4.78, 5) is 0. The zero-order valence-electron chi connectivity index (χ0n) is 20.4. The van der Waals surface area contributed by atoms with Crippen molar-refractivity contribution < 1.29 is 35.5 Å². The fourth-order valence-electron chi connectivity index (χ4n) is 3.93. The molecule has 0 aliphatic heterocycles. The number of benzene rings is 4. The molecule has 0 saturated heterocycles. The van der Waals surface area contributed by atoms with Gasteiger partial charge in [0, 0.05) is 5.56 Å². The quantitative estimate of drug-likeness (QED) is 0.118. The first-order valence-corrected chi connectivity index (χ1v) is 12.1. The van der Waals surface area contributed by atoms with E-state index in [1.807, 2.05) is 37.3 Å². The SMILES string of the molecule is C/C=C/CCc1ccc(-c2ccc(-c3cc(F)c(OC(F)(F)c4cc(F)c(F)c(F)c4)c(Cl)c3)c(F)c2)cc1. The molecule has 0 saturated carbocycles. The highest BCUT2D eigenvalue weighted by Crippen LogP contribution is 2.40. The van der Waals surface area contributed by atoms with Crippen LogP contribution >= 0.6 is 11.6 Å². The van der Waals surface area contributed by atoms with Crippen molar-refractivity contribution in [3.05, 3.63) is 124 Å². The molecule has 39 heavy (non-hydrogen) atoms. The zero-order valence-corrected chi connectivity index (χ0v) is 21.1. The molecule has 202 valence electrons. The highest BCUT2D eigenvalue weighted by atomic mass is 35.5. The maximum Gasteiger partial charge on any atom is 0.427 e. The van der Waals surface area contributed by atoms with E-state index in [2.05, 4.69) is 10.8 Å². The van der Waals surface area contributed by atoms with Crippen molar-refractivity contribution in [2.45, 2.75) is 25.9 Å². The molecule has 0 unspecified atom stereocenters. The maximum atomic E-state index is 15.0. The Morgan fingerprint density at radius 1 is 0.744 bits per heavy atom. The lowest BCUT2D eigenvalue weighted by molar-refractivity contribution is -0.187. The monoisotopic (exact) mass is 564 g/mol. The van der Waals surface area contributed by atoms with Crippen molar-refractivity contribution in [3.63, 3.8) is 0 Å². The molecule has 0 N–H and O–H groups in total. The van der Waals surface area contributed by atoms with Crippen molar-refractivity contribution in [1.82, 2.24) is 0 Å². The first-order valence-electron chi connectivity index (χ1n) is 11.7. The fourth-order valence-corrected chi connectivity index (χ4v) is 4.18. The summed E-state index contributed by atoms with van der Waals surface area (Å²) in [6, 6.07) is 13.7. The van der Waals surface area contributed by atoms with Crippen LogP contribution in [0.25, 0.3) is 22.3 Å². The van der Waals surface area contributed by atoms with Crippen LogP contribution in [0.5, 0.6) is 5.75 Å². The molecule has 0 radical (unpaired) electrons. The van der Waals surface area contributed by atoms with E-state index in [0.717, 1.165) is 36.1 Å². The van der Waals surface area contributed by atoms with Crippen LogP contribution in [0.4, 0.5) is 30.7 Å². The average molecular weight is 565 g/mol. The molecule has 0 aliphatic rings. The third-order valence-electron chi connectivity index (χ3n) is 5.95. The van der Waals surface area contributed by atoms with Crippen LogP contribution < -0.4 is 4.74 Å². The predicted octanol–water partition coefficient (Wildman–Crippen LogP) is 10.0. The summed E-state index contributed by atoms with van der Waals surface area (Å²) in [6.45, 7) is 1.95. The van der Waals surface area contributed by atoms with E-state index < -0.39 is 51.5 Å². The third-order valence-corrected chi connectivity index (χ3v) is 6.23. The van der Waals surface area contributed by atoms with E-state index in [1.54, 1.807) is 6.07 Å². The Labute approximate surface area is 225 Å². The fraction of sp³-hybridized carbons (Fsp3) is 0.133. The van der Waals surface area contributed by atoms with Crippen molar-refractivity contribution >= 4 is 11.6 Å². The van der Waals surface area contributed by atoms with Gasteiger partial charge in [0.2, 0.25) is 0 Å². The summed E-state index contributed by atoms with van der Waals surface area (Å²) >= 11 is 5.97. The van der Waals surface area contributed by atoms with Crippen molar-refractivity contribution in [2.75, 3.05) is 0 Å². The number of aryl methyl sites for hydroxylation is 1. The van der Waals surface area contributed by atoms with Gasteiger partial charge in [-0.1, -0.05) is 60.2 Å². The van der Waals surface area contributed by atoms with Crippen LogP contribution in [0.2, 0.25) is 5.02 Å². The first kappa shape index (κ1) is 28.2. The zero-order chi connectivity index (χ0) is 28.3. The van der Waals surface area contributed by atoms with E-state index in [4.69, 9.17) is 11.6 Å².